The van der Waals surface area contributed by atoms with E-state index in [1.807, 2.05) is 13.0 Å². The number of rotatable bonds is 9. The maximum atomic E-state index is 13.3. The molecule has 3 aromatic carbocycles. The van der Waals surface area contributed by atoms with E-state index in [1.165, 1.54) is 17.2 Å². The van der Waals surface area contributed by atoms with E-state index in [1.54, 1.807) is 24.3 Å². The molecule has 6 nitrogen and oxygen atoms in total. The molecule has 1 heterocycles. The average molecular weight is 582 g/mol. The molecule has 8 heteroatoms. The number of aryl methyl sites for hydroxylation is 1. The van der Waals surface area contributed by atoms with Crippen molar-refractivity contribution in [3.05, 3.63) is 126 Å². The Labute approximate surface area is 250 Å². The number of anilines is 1. The van der Waals surface area contributed by atoms with Crippen LogP contribution in [0.15, 0.2) is 103 Å². The van der Waals surface area contributed by atoms with Crippen LogP contribution in [0.25, 0.3) is 16.8 Å². The van der Waals surface area contributed by atoms with Crippen molar-refractivity contribution in [1.82, 2.24) is 9.55 Å². The van der Waals surface area contributed by atoms with Crippen LogP contribution in [-0.2, 0) is 6.54 Å². The minimum absolute atomic E-state index is 0.0995. The number of halogens is 2. The highest BCUT2D eigenvalue weighted by Gasteiger charge is 2.19. The molecule has 0 saturated heterocycles. The van der Waals surface area contributed by atoms with Gasteiger partial charge in [0.1, 0.15) is 17.3 Å². The van der Waals surface area contributed by atoms with Gasteiger partial charge in [-0.1, -0.05) is 60.2 Å². The molecule has 0 fully saturated rings. The molecule has 0 radical (unpaired) electrons. The third-order valence-corrected chi connectivity index (χ3v) is 7.02. The van der Waals surface area contributed by atoms with E-state index in [2.05, 4.69) is 65.4 Å². The van der Waals surface area contributed by atoms with Crippen LogP contribution in [0.4, 0.5) is 19.3 Å². The second-order valence-electron chi connectivity index (χ2n) is 10.2. The van der Waals surface area contributed by atoms with Crippen molar-refractivity contribution < 1.29 is 23.0 Å². The molecule has 0 bridgehead atoms. The van der Waals surface area contributed by atoms with Crippen molar-refractivity contribution in [3.63, 3.8) is 0 Å². The second-order valence-corrected chi connectivity index (χ2v) is 10.2. The standard InChI is InChI=1S/C35H33F2N3O3/c1-24-9-6-7-10-26(14-13-24)33-34(27-11-4-3-5-12-27)40(25(2)38-33)21-8-22-42-29-17-15-28(16-18-29)39-35(41)43-30-19-20-31(36)32(37)23-30/h3-6,9,11-20,23H,7-8,10,21-22H2,1-2H3,(H,39,41)/b9-6-,24-13-,26-14+. The van der Waals surface area contributed by atoms with Crippen LogP contribution in [0.1, 0.15) is 37.7 Å². The lowest BCUT2D eigenvalue weighted by molar-refractivity contribution is 0.215. The van der Waals surface area contributed by atoms with Crippen molar-refractivity contribution in [2.24, 2.45) is 0 Å². The summed E-state index contributed by atoms with van der Waals surface area (Å²) in [5.41, 5.74) is 6.18. The highest BCUT2D eigenvalue weighted by atomic mass is 19.2. The molecule has 1 N–H and O–H groups in total. The van der Waals surface area contributed by atoms with Crippen LogP contribution in [0.2, 0.25) is 0 Å². The quantitative estimate of drug-likeness (QED) is 0.201. The molecule has 1 aromatic heterocycles. The van der Waals surface area contributed by atoms with E-state index in [4.69, 9.17) is 14.5 Å². The molecule has 43 heavy (non-hydrogen) atoms. The number of ether oxygens (including phenoxy) is 2. The van der Waals surface area contributed by atoms with Gasteiger partial charge in [0.05, 0.1) is 18.0 Å². The maximum Gasteiger partial charge on any atom is 0.417 e. The number of amides is 1. The van der Waals surface area contributed by atoms with Gasteiger partial charge in [0.15, 0.2) is 11.6 Å². The first-order chi connectivity index (χ1) is 20.9. The number of imidazole rings is 1. The molecule has 1 amide bonds. The Kier molecular flexibility index (Phi) is 9.46. The van der Waals surface area contributed by atoms with Crippen molar-refractivity contribution in [3.8, 4) is 22.8 Å². The number of nitrogens with zero attached hydrogens (tertiary/aromatic N) is 2. The Hall–Kier alpha value is -4.98. The minimum Gasteiger partial charge on any atom is -0.494 e. The summed E-state index contributed by atoms with van der Waals surface area (Å²) >= 11 is 0. The second kappa shape index (κ2) is 13.8. The SMILES string of the molecule is CC1=C/C=C(/c2nc(C)n(CCCOc3ccc(NC(=O)Oc4ccc(F)c(F)c4)cc3)c2-c2ccccc2)CC/C=C\1. The van der Waals surface area contributed by atoms with Gasteiger partial charge < -0.3 is 14.0 Å². The predicted octanol–water partition coefficient (Wildman–Crippen LogP) is 8.90. The Morgan fingerprint density at radius 3 is 2.49 bits per heavy atom. The van der Waals surface area contributed by atoms with E-state index in [9.17, 15) is 13.6 Å². The Morgan fingerprint density at radius 1 is 0.953 bits per heavy atom. The molecule has 1 aliphatic carbocycles. The minimum atomic E-state index is -1.09. The Morgan fingerprint density at radius 2 is 1.72 bits per heavy atom. The summed E-state index contributed by atoms with van der Waals surface area (Å²) in [6.07, 6.45) is 10.6. The first kappa shape index (κ1) is 29.5. The summed E-state index contributed by atoms with van der Waals surface area (Å²) in [5.74, 6) is -0.598. The molecular weight excluding hydrogens is 548 g/mol. The fourth-order valence-electron chi connectivity index (χ4n) is 4.87. The summed E-state index contributed by atoms with van der Waals surface area (Å²) in [6.45, 7) is 5.38. The van der Waals surface area contributed by atoms with Crippen LogP contribution in [-0.4, -0.2) is 22.3 Å². The van der Waals surface area contributed by atoms with E-state index in [-0.39, 0.29) is 5.75 Å². The normalized spacial score (nSPS) is 16.2. The van der Waals surface area contributed by atoms with Gasteiger partial charge in [0, 0.05) is 23.9 Å². The van der Waals surface area contributed by atoms with Crippen LogP contribution in [0.5, 0.6) is 11.5 Å². The molecule has 4 aromatic rings. The third kappa shape index (κ3) is 7.65. The third-order valence-electron chi connectivity index (χ3n) is 7.02. The van der Waals surface area contributed by atoms with Gasteiger partial charge in [-0.2, -0.15) is 0 Å². The molecule has 0 aliphatic heterocycles. The lowest BCUT2D eigenvalue weighted by Crippen LogP contribution is -2.16. The zero-order chi connectivity index (χ0) is 30.2. The maximum absolute atomic E-state index is 13.3. The number of carbonyl (C=O) groups is 1. The van der Waals surface area contributed by atoms with Crippen LogP contribution in [0.3, 0.4) is 0 Å². The van der Waals surface area contributed by atoms with Crippen molar-refractivity contribution in [2.75, 3.05) is 11.9 Å². The zero-order valence-corrected chi connectivity index (χ0v) is 24.1. The molecule has 0 saturated carbocycles. The molecule has 0 spiro atoms. The zero-order valence-electron chi connectivity index (χ0n) is 24.1. The smallest absolute Gasteiger partial charge is 0.417 e. The van der Waals surface area contributed by atoms with Crippen LogP contribution >= 0.6 is 0 Å². The number of hydrogen-bond acceptors (Lipinski definition) is 4. The van der Waals surface area contributed by atoms with Gasteiger partial charge in [-0.3, -0.25) is 5.32 Å². The topological polar surface area (TPSA) is 65.4 Å². The van der Waals surface area contributed by atoms with Gasteiger partial charge in [0.2, 0.25) is 0 Å². The molecule has 0 unspecified atom stereocenters. The summed E-state index contributed by atoms with van der Waals surface area (Å²) in [6, 6.07) is 20.1. The molecule has 220 valence electrons. The lowest BCUT2D eigenvalue weighted by Gasteiger charge is -2.14. The number of nitrogens with one attached hydrogen (secondary N) is 1. The Balaban J connectivity index is 1.21. The van der Waals surface area contributed by atoms with Gasteiger partial charge in [-0.15, -0.1) is 0 Å². The summed E-state index contributed by atoms with van der Waals surface area (Å²) in [7, 11) is 0. The molecule has 1 aliphatic rings. The highest BCUT2D eigenvalue weighted by Crippen LogP contribution is 2.33. The van der Waals surface area contributed by atoms with E-state index in [0.717, 1.165) is 60.7 Å². The van der Waals surface area contributed by atoms with E-state index < -0.39 is 17.7 Å². The monoisotopic (exact) mass is 581 g/mol. The lowest BCUT2D eigenvalue weighted by atomic mass is 9.98. The number of hydrogen-bond donors (Lipinski definition) is 1. The van der Waals surface area contributed by atoms with Gasteiger partial charge in [0.25, 0.3) is 0 Å². The van der Waals surface area contributed by atoms with Crippen LogP contribution < -0.4 is 14.8 Å². The summed E-state index contributed by atoms with van der Waals surface area (Å²) < 4.78 is 39.7. The van der Waals surface area contributed by atoms with Crippen molar-refractivity contribution in [1.29, 1.82) is 0 Å². The van der Waals surface area contributed by atoms with Crippen molar-refractivity contribution in [2.45, 2.75) is 39.7 Å². The predicted molar refractivity (Wildman–Crippen MR) is 165 cm³/mol. The average Bonchev–Trinajstić information content (AvgIpc) is 3.32. The Bertz CT molecular complexity index is 1670. The van der Waals surface area contributed by atoms with Crippen LogP contribution in [0, 0.1) is 18.6 Å². The molecule has 0 atom stereocenters. The van der Waals surface area contributed by atoms with Gasteiger partial charge in [-0.25, -0.2) is 18.6 Å². The fraction of sp³-hybridized carbons (Fsp3) is 0.200. The number of carbonyl (C=O) groups excluding carboxylic acids is 1. The van der Waals surface area contributed by atoms with Gasteiger partial charge >= 0.3 is 6.09 Å². The van der Waals surface area contributed by atoms with Crippen molar-refractivity contribution >= 4 is 17.4 Å². The number of aromatic nitrogens is 2. The largest absolute Gasteiger partial charge is 0.494 e. The highest BCUT2D eigenvalue weighted by molar-refractivity contribution is 5.86. The fourth-order valence-corrected chi connectivity index (χ4v) is 4.87. The summed E-state index contributed by atoms with van der Waals surface area (Å²) in [5, 5.41) is 2.55. The molecular formula is C35H33F2N3O3. The first-order valence-electron chi connectivity index (χ1n) is 14.2. The summed E-state index contributed by atoms with van der Waals surface area (Å²) in [4.78, 5) is 17.2. The van der Waals surface area contributed by atoms with E-state index >= 15 is 0 Å². The first-order valence-corrected chi connectivity index (χ1v) is 14.2. The molecule has 5 rings (SSSR count). The van der Waals surface area contributed by atoms with E-state index in [0.29, 0.717) is 18.0 Å². The number of allylic oxidation sites excluding steroid dienone is 6. The van der Waals surface area contributed by atoms with Gasteiger partial charge in [-0.05, 0) is 75.1 Å². The number of benzene rings is 3.